The van der Waals surface area contributed by atoms with Gasteiger partial charge in [0.15, 0.2) is 0 Å². The molecule has 0 spiro atoms. The van der Waals surface area contributed by atoms with Crippen molar-refractivity contribution in [2.24, 2.45) is 0 Å². The number of rotatable bonds is 8. The molecule has 0 fully saturated rings. The summed E-state index contributed by atoms with van der Waals surface area (Å²) in [6.07, 6.45) is 1.78. The molecule has 0 atom stereocenters. The van der Waals surface area contributed by atoms with E-state index in [1.807, 2.05) is 0 Å². The molecule has 0 saturated heterocycles. The summed E-state index contributed by atoms with van der Waals surface area (Å²) in [7, 11) is 1.74. The minimum atomic E-state index is 0.113. The SMILES string of the molecule is COCCN(Cc1occc1CNC(C)(C)C)C(C)C. The maximum absolute atomic E-state index is 5.67. The van der Waals surface area contributed by atoms with Crippen molar-refractivity contribution in [3.8, 4) is 0 Å². The van der Waals surface area contributed by atoms with Crippen molar-refractivity contribution in [3.63, 3.8) is 0 Å². The number of ether oxygens (including phenoxy) is 1. The summed E-state index contributed by atoms with van der Waals surface area (Å²) in [6, 6.07) is 2.53. The van der Waals surface area contributed by atoms with Crippen LogP contribution in [-0.2, 0) is 17.8 Å². The topological polar surface area (TPSA) is 37.6 Å². The Kier molecular flexibility index (Phi) is 6.72. The normalized spacial score (nSPS) is 12.6. The van der Waals surface area contributed by atoms with Crippen LogP contribution < -0.4 is 5.32 Å². The third-order valence-corrected chi connectivity index (χ3v) is 3.31. The van der Waals surface area contributed by atoms with Crippen LogP contribution in [0, 0.1) is 0 Å². The Labute approximate surface area is 123 Å². The van der Waals surface area contributed by atoms with E-state index in [1.54, 1.807) is 13.4 Å². The second-order valence-corrected chi connectivity index (χ2v) is 6.53. The molecule has 20 heavy (non-hydrogen) atoms. The smallest absolute Gasteiger partial charge is 0.122 e. The molecule has 0 aliphatic rings. The molecule has 116 valence electrons. The average Bonchev–Trinajstić information content (AvgIpc) is 2.78. The summed E-state index contributed by atoms with van der Waals surface area (Å²) >= 11 is 0. The molecule has 0 saturated carbocycles. The van der Waals surface area contributed by atoms with E-state index in [9.17, 15) is 0 Å². The predicted molar refractivity (Wildman–Crippen MR) is 82.7 cm³/mol. The molecule has 0 radical (unpaired) electrons. The highest BCUT2D eigenvalue weighted by Crippen LogP contribution is 2.16. The summed E-state index contributed by atoms with van der Waals surface area (Å²) < 4.78 is 10.8. The zero-order valence-electron chi connectivity index (χ0n) is 13.8. The molecular weight excluding hydrogens is 252 g/mol. The molecule has 1 rings (SSSR count). The van der Waals surface area contributed by atoms with Gasteiger partial charge in [-0.15, -0.1) is 0 Å². The lowest BCUT2D eigenvalue weighted by atomic mass is 10.1. The van der Waals surface area contributed by atoms with E-state index in [4.69, 9.17) is 9.15 Å². The minimum absolute atomic E-state index is 0.113. The summed E-state index contributed by atoms with van der Waals surface area (Å²) in [6.45, 7) is 14.2. The van der Waals surface area contributed by atoms with Crippen molar-refractivity contribution < 1.29 is 9.15 Å². The van der Waals surface area contributed by atoms with Gasteiger partial charge in [-0.1, -0.05) is 0 Å². The molecule has 4 heteroatoms. The molecule has 0 unspecified atom stereocenters. The average molecular weight is 282 g/mol. The zero-order chi connectivity index (χ0) is 15.2. The van der Waals surface area contributed by atoms with Gasteiger partial charge >= 0.3 is 0 Å². The monoisotopic (exact) mass is 282 g/mol. The Balaban J connectivity index is 2.64. The third kappa shape index (κ3) is 6.07. The third-order valence-electron chi connectivity index (χ3n) is 3.31. The molecule has 1 N–H and O–H groups in total. The fraction of sp³-hybridized carbons (Fsp3) is 0.750. The molecule has 1 aromatic rings. The van der Waals surface area contributed by atoms with Gasteiger partial charge in [-0.2, -0.15) is 0 Å². The fourth-order valence-corrected chi connectivity index (χ4v) is 1.94. The van der Waals surface area contributed by atoms with Crippen LogP contribution in [0.3, 0.4) is 0 Å². The van der Waals surface area contributed by atoms with Gasteiger partial charge in [0.05, 0.1) is 19.4 Å². The molecular formula is C16H30N2O2. The Morgan fingerprint density at radius 2 is 2.05 bits per heavy atom. The van der Waals surface area contributed by atoms with E-state index < -0.39 is 0 Å². The van der Waals surface area contributed by atoms with Crippen LogP contribution in [0.4, 0.5) is 0 Å². The summed E-state index contributed by atoms with van der Waals surface area (Å²) in [4.78, 5) is 2.36. The summed E-state index contributed by atoms with van der Waals surface area (Å²) in [5.41, 5.74) is 1.35. The maximum Gasteiger partial charge on any atom is 0.122 e. The number of hydrogen-bond acceptors (Lipinski definition) is 4. The van der Waals surface area contributed by atoms with Crippen molar-refractivity contribution in [1.82, 2.24) is 10.2 Å². The van der Waals surface area contributed by atoms with Gasteiger partial charge in [0.25, 0.3) is 0 Å². The van der Waals surface area contributed by atoms with Crippen LogP contribution in [-0.4, -0.2) is 36.7 Å². The van der Waals surface area contributed by atoms with Crippen molar-refractivity contribution in [2.75, 3.05) is 20.3 Å². The number of hydrogen-bond donors (Lipinski definition) is 1. The number of nitrogens with one attached hydrogen (secondary N) is 1. The molecule has 0 aliphatic carbocycles. The first-order chi connectivity index (χ1) is 9.33. The molecule has 0 bridgehead atoms. The van der Waals surface area contributed by atoms with E-state index in [1.165, 1.54) is 5.56 Å². The molecule has 0 amide bonds. The second kappa shape index (κ2) is 7.81. The Bertz CT molecular complexity index is 380. The van der Waals surface area contributed by atoms with Gasteiger partial charge in [-0.05, 0) is 40.7 Å². The predicted octanol–water partition coefficient (Wildman–Crippen LogP) is 3.02. The zero-order valence-corrected chi connectivity index (χ0v) is 13.8. The Morgan fingerprint density at radius 1 is 1.35 bits per heavy atom. The number of furan rings is 1. The summed E-state index contributed by atoms with van der Waals surface area (Å²) in [5, 5.41) is 3.51. The van der Waals surface area contributed by atoms with E-state index in [-0.39, 0.29) is 5.54 Å². The number of nitrogens with zero attached hydrogens (tertiary/aromatic N) is 1. The Hall–Kier alpha value is -0.840. The van der Waals surface area contributed by atoms with Crippen LogP contribution in [0.25, 0.3) is 0 Å². The minimum Gasteiger partial charge on any atom is -0.468 e. The molecule has 0 aliphatic heterocycles. The highest BCUT2D eigenvalue weighted by atomic mass is 16.5. The van der Waals surface area contributed by atoms with Crippen molar-refractivity contribution in [2.45, 2.75) is 59.3 Å². The van der Waals surface area contributed by atoms with Crippen molar-refractivity contribution >= 4 is 0 Å². The van der Waals surface area contributed by atoms with Crippen molar-refractivity contribution in [3.05, 3.63) is 23.7 Å². The highest BCUT2D eigenvalue weighted by molar-refractivity contribution is 5.17. The first kappa shape index (κ1) is 17.2. The second-order valence-electron chi connectivity index (χ2n) is 6.53. The van der Waals surface area contributed by atoms with E-state index in [2.05, 4.69) is 50.9 Å². The maximum atomic E-state index is 5.67. The van der Waals surface area contributed by atoms with E-state index >= 15 is 0 Å². The van der Waals surface area contributed by atoms with E-state index in [0.29, 0.717) is 6.04 Å². The lowest BCUT2D eigenvalue weighted by Gasteiger charge is -2.26. The Morgan fingerprint density at radius 3 is 2.60 bits per heavy atom. The van der Waals surface area contributed by atoms with Crippen LogP contribution in [0.1, 0.15) is 45.9 Å². The van der Waals surface area contributed by atoms with Gasteiger partial charge in [-0.3, -0.25) is 4.90 Å². The van der Waals surface area contributed by atoms with Gasteiger partial charge < -0.3 is 14.5 Å². The van der Waals surface area contributed by atoms with Crippen LogP contribution in [0.2, 0.25) is 0 Å². The lowest BCUT2D eigenvalue weighted by Crippen LogP contribution is -2.36. The first-order valence-corrected chi connectivity index (χ1v) is 7.36. The first-order valence-electron chi connectivity index (χ1n) is 7.36. The quantitative estimate of drug-likeness (QED) is 0.795. The van der Waals surface area contributed by atoms with Crippen molar-refractivity contribution in [1.29, 1.82) is 0 Å². The van der Waals surface area contributed by atoms with E-state index in [0.717, 1.165) is 32.0 Å². The van der Waals surface area contributed by atoms with Crippen LogP contribution in [0.5, 0.6) is 0 Å². The van der Waals surface area contributed by atoms with Gasteiger partial charge in [0.2, 0.25) is 0 Å². The van der Waals surface area contributed by atoms with Crippen LogP contribution in [0.15, 0.2) is 16.7 Å². The largest absolute Gasteiger partial charge is 0.468 e. The molecule has 0 aromatic carbocycles. The summed E-state index contributed by atoms with van der Waals surface area (Å²) in [5.74, 6) is 1.05. The molecule has 4 nitrogen and oxygen atoms in total. The molecule has 1 aromatic heterocycles. The van der Waals surface area contributed by atoms with Gasteiger partial charge in [0.1, 0.15) is 5.76 Å². The fourth-order valence-electron chi connectivity index (χ4n) is 1.94. The highest BCUT2D eigenvalue weighted by Gasteiger charge is 2.16. The lowest BCUT2D eigenvalue weighted by molar-refractivity contribution is 0.119. The van der Waals surface area contributed by atoms with Gasteiger partial charge in [0, 0.05) is 37.3 Å². The standard InChI is InChI=1S/C16H30N2O2/c1-13(2)18(8-10-19-6)12-15-14(7-9-20-15)11-17-16(3,4)5/h7,9,13,17H,8,10-12H2,1-6H3. The van der Waals surface area contributed by atoms with Crippen LogP contribution >= 0.6 is 0 Å². The number of methoxy groups -OCH3 is 1. The van der Waals surface area contributed by atoms with Gasteiger partial charge in [-0.25, -0.2) is 0 Å². The molecule has 1 heterocycles.